The van der Waals surface area contributed by atoms with Crippen LogP contribution in [0.5, 0.6) is 0 Å². The number of terminal acetylenes is 1. The Labute approximate surface area is 102 Å². The Morgan fingerprint density at radius 1 is 0.882 bits per heavy atom. The number of rotatable bonds is 3. The summed E-state index contributed by atoms with van der Waals surface area (Å²) in [6.07, 6.45) is 5.67. The Balaban J connectivity index is 2.60. The first-order valence-corrected chi connectivity index (χ1v) is 5.53. The van der Waals surface area contributed by atoms with Crippen LogP contribution in [0.3, 0.4) is 0 Å². The lowest BCUT2D eigenvalue weighted by Gasteiger charge is -2.27. The zero-order chi connectivity index (χ0) is 12.1. The second-order valence-corrected chi connectivity index (χ2v) is 3.94. The molecule has 17 heavy (non-hydrogen) atoms. The van der Waals surface area contributed by atoms with Crippen molar-refractivity contribution >= 4 is 0 Å². The van der Waals surface area contributed by atoms with Crippen LogP contribution < -0.4 is 0 Å². The van der Waals surface area contributed by atoms with Gasteiger partial charge in [-0.25, -0.2) is 0 Å². The Kier molecular flexibility index (Phi) is 3.27. The molecule has 2 aromatic carbocycles. The van der Waals surface area contributed by atoms with Crippen LogP contribution in [0.25, 0.3) is 0 Å². The summed E-state index contributed by atoms with van der Waals surface area (Å²) >= 11 is 0. The van der Waals surface area contributed by atoms with E-state index in [4.69, 9.17) is 6.42 Å². The van der Waals surface area contributed by atoms with E-state index < -0.39 is 5.41 Å². The molecule has 2 aromatic rings. The lowest BCUT2D eigenvalue weighted by molar-refractivity contribution is 0.252. The highest BCUT2D eigenvalue weighted by molar-refractivity contribution is 5.47. The smallest absolute Gasteiger partial charge is 0.104 e. The van der Waals surface area contributed by atoms with Crippen LogP contribution in [-0.2, 0) is 5.41 Å². The first-order chi connectivity index (χ1) is 8.33. The third-order valence-electron chi connectivity index (χ3n) is 3.02. The molecule has 0 aliphatic carbocycles. The largest absolute Gasteiger partial charge is 0.394 e. The van der Waals surface area contributed by atoms with Gasteiger partial charge in [0.2, 0.25) is 0 Å². The molecular weight excluding hydrogens is 208 g/mol. The third-order valence-corrected chi connectivity index (χ3v) is 3.02. The standard InChI is InChI=1S/C16H14O/c1-2-16(13-17,14-9-5-3-6-10-14)15-11-7-4-8-12-15/h1,3-12,17H,13H2. The molecule has 0 aliphatic heterocycles. The van der Waals surface area contributed by atoms with Crippen molar-refractivity contribution in [2.45, 2.75) is 5.41 Å². The molecule has 0 unspecified atom stereocenters. The lowest BCUT2D eigenvalue weighted by Crippen LogP contribution is -2.30. The van der Waals surface area contributed by atoms with E-state index in [1.54, 1.807) is 0 Å². The fourth-order valence-corrected chi connectivity index (χ4v) is 2.01. The van der Waals surface area contributed by atoms with E-state index in [9.17, 15) is 5.11 Å². The zero-order valence-corrected chi connectivity index (χ0v) is 9.51. The molecule has 0 saturated heterocycles. The number of benzene rings is 2. The molecule has 1 N–H and O–H groups in total. The second-order valence-electron chi connectivity index (χ2n) is 3.94. The predicted octanol–water partition coefficient (Wildman–Crippen LogP) is 2.60. The van der Waals surface area contributed by atoms with Gasteiger partial charge in [0, 0.05) is 0 Å². The molecule has 1 heteroatoms. The van der Waals surface area contributed by atoms with Crippen LogP contribution in [0.15, 0.2) is 60.7 Å². The highest BCUT2D eigenvalue weighted by Gasteiger charge is 2.31. The van der Waals surface area contributed by atoms with Gasteiger partial charge in [0.05, 0.1) is 6.61 Å². The van der Waals surface area contributed by atoms with E-state index in [1.807, 2.05) is 60.7 Å². The van der Waals surface area contributed by atoms with Gasteiger partial charge >= 0.3 is 0 Å². The van der Waals surface area contributed by atoms with E-state index in [0.717, 1.165) is 11.1 Å². The molecule has 0 radical (unpaired) electrons. The second kappa shape index (κ2) is 4.86. The zero-order valence-electron chi connectivity index (χ0n) is 9.51. The van der Waals surface area contributed by atoms with E-state index >= 15 is 0 Å². The SMILES string of the molecule is C#CC(CO)(c1ccccc1)c1ccccc1. The van der Waals surface area contributed by atoms with Gasteiger partial charge in [-0.2, -0.15) is 0 Å². The van der Waals surface area contributed by atoms with Crippen molar-refractivity contribution in [3.63, 3.8) is 0 Å². The minimum absolute atomic E-state index is 0.0997. The molecule has 2 rings (SSSR count). The number of aliphatic hydroxyl groups is 1. The van der Waals surface area contributed by atoms with Crippen molar-refractivity contribution in [1.29, 1.82) is 0 Å². The summed E-state index contributed by atoms with van der Waals surface area (Å²) in [4.78, 5) is 0. The highest BCUT2D eigenvalue weighted by Crippen LogP contribution is 2.30. The van der Waals surface area contributed by atoms with Gasteiger partial charge in [-0.15, -0.1) is 6.42 Å². The summed E-state index contributed by atoms with van der Waals surface area (Å²) in [5, 5.41) is 9.74. The molecule has 0 heterocycles. The molecule has 0 fully saturated rings. The fraction of sp³-hybridized carbons (Fsp3) is 0.125. The Bertz CT molecular complexity index is 469. The van der Waals surface area contributed by atoms with Crippen molar-refractivity contribution in [2.75, 3.05) is 6.61 Å². The first-order valence-electron chi connectivity index (χ1n) is 5.53. The molecular formula is C16H14O. The molecule has 0 bridgehead atoms. The van der Waals surface area contributed by atoms with Gasteiger partial charge in [-0.1, -0.05) is 66.6 Å². The van der Waals surface area contributed by atoms with Gasteiger partial charge in [0.25, 0.3) is 0 Å². The van der Waals surface area contributed by atoms with Crippen molar-refractivity contribution in [3.05, 3.63) is 71.8 Å². The van der Waals surface area contributed by atoms with Gasteiger partial charge < -0.3 is 5.11 Å². The van der Waals surface area contributed by atoms with Gasteiger partial charge in [0.15, 0.2) is 0 Å². The van der Waals surface area contributed by atoms with Gasteiger partial charge in [-0.05, 0) is 11.1 Å². The van der Waals surface area contributed by atoms with E-state index in [-0.39, 0.29) is 6.61 Å². The molecule has 0 saturated carbocycles. The summed E-state index contributed by atoms with van der Waals surface area (Å²) in [7, 11) is 0. The summed E-state index contributed by atoms with van der Waals surface area (Å²) < 4.78 is 0. The van der Waals surface area contributed by atoms with Crippen molar-refractivity contribution < 1.29 is 5.11 Å². The average Bonchev–Trinajstić information content (AvgIpc) is 2.43. The molecule has 0 aliphatic rings. The first kappa shape index (κ1) is 11.4. The van der Waals surface area contributed by atoms with Crippen LogP contribution in [0, 0.1) is 12.3 Å². The number of hydrogen-bond donors (Lipinski definition) is 1. The minimum Gasteiger partial charge on any atom is -0.394 e. The predicted molar refractivity (Wildman–Crippen MR) is 69.6 cm³/mol. The Hall–Kier alpha value is -2.04. The molecule has 0 spiro atoms. The van der Waals surface area contributed by atoms with Crippen LogP contribution in [0.2, 0.25) is 0 Å². The van der Waals surface area contributed by atoms with Crippen LogP contribution in [-0.4, -0.2) is 11.7 Å². The maximum absolute atomic E-state index is 9.74. The van der Waals surface area contributed by atoms with Crippen molar-refractivity contribution in [1.82, 2.24) is 0 Å². The van der Waals surface area contributed by atoms with Gasteiger partial charge in [-0.3, -0.25) is 0 Å². The molecule has 0 amide bonds. The maximum atomic E-state index is 9.74. The summed E-state index contributed by atoms with van der Waals surface area (Å²) in [5.41, 5.74) is 1.13. The summed E-state index contributed by atoms with van der Waals surface area (Å²) in [6.45, 7) is -0.0997. The van der Waals surface area contributed by atoms with Crippen molar-refractivity contribution in [2.24, 2.45) is 0 Å². The molecule has 84 valence electrons. The van der Waals surface area contributed by atoms with Gasteiger partial charge in [0.1, 0.15) is 5.41 Å². The molecule has 0 atom stereocenters. The van der Waals surface area contributed by atoms with E-state index in [0.29, 0.717) is 0 Å². The lowest BCUT2D eigenvalue weighted by atomic mass is 9.76. The topological polar surface area (TPSA) is 20.2 Å². The number of aliphatic hydroxyl groups excluding tert-OH is 1. The molecule has 0 aromatic heterocycles. The summed E-state index contributed by atoms with van der Waals surface area (Å²) in [5.74, 6) is 2.75. The Morgan fingerprint density at radius 2 is 1.29 bits per heavy atom. The Morgan fingerprint density at radius 3 is 1.59 bits per heavy atom. The number of hydrogen-bond acceptors (Lipinski definition) is 1. The van der Waals surface area contributed by atoms with Crippen LogP contribution in [0.4, 0.5) is 0 Å². The fourth-order valence-electron chi connectivity index (χ4n) is 2.01. The van der Waals surface area contributed by atoms with E-state index in [2.05, 4.69) is 5.92 Å². The maximum Gasteiger partial charge on any atom is 0.104 e. The van der Waals surface area contributed by atoms with E-state index in [1.165, 1.54) is 0 Å². The third kappa shape index (κ3) is 1.95. The van der Waals surface area contributed by atoms with Crippen LogP contribution >= 0.6 is 0 Å². The monoisotopic (exact) mass is 222 g/mol. The minimum atomic E-state index is -0.748. The summed E-state index contributed by atoms with van der Waals surface area (Å²) in [6, 6.07) is 19.4. The normalized spacial score (nSPS) is 10.8. The van der Waals surface area contributed by atoms with Crippen LogP contribution in [0.1, 0.15) is 11.1 Å². The highest BCUT2D eigenvalue weighted by atomic mass is 16.3. The molecule has 1 nitrogen and oxygen atoms in total. The average molecular weight is 222 g/mol. The van der Waals surface area contributed by atoms with Crippen molar-refractivity contribution in [3.8, 4) is 12.3 Å². The quantitative estimate of drug-likeness (QED) is 0.791.